The first kappa shape index (κ1) is 15.1. The van der Waals surface area contributed by atoms with Crippen molar-refractivity contribution in [2.24, 2.45) is 5.73 Å². The van der Waals surface area contributed by atoms with E-state index in [0.29, 0.717) is 0 Å². The fourth-order valence-electron chi connectivity index (χ4n) is 2.24. The fourth-order valence-corrected chi connectivity index (χ4v) is 2.24. The zero-order valence-electron chi connectivity index (χ0n) is 11.4. The lowest BCUT2D eigenvalue weighted by Crippen LogP contribution is -2.38. The van der Waals surface area contributed by atoms with Crippen molar-refractivity contribution < 1.29 is 5.11 Å². The molecule has 0 saturated heterocycles. The lowest BCUT2D eigenvalue weighted by atomic mass is 10.0. The number of aromatic nitrogens is 1. The molecule has 102 valence electrons. The van der Waals surface area contributed by atoms with Crippen LogP contribution in [0, 0.1) is 0 Å². The Balaban J connectivity index is 2.57. The zero-order valence-corrected chi connectivity index (χ0v) is 11.4. The molecule has 2 unspecified atom stereocenters. The summed E-state index contributed by atoms with van der Waals surface area (Å²) in [5.41, 5.74) is 7.10. The molecule has 1 heterocycles. The third-order valence-electron chi connectivity index (χ3n) is 3.13. The molecular formula is C14H25N3O. The van der Waals surface area contributed by atoms with Gasteiger partial charge in [0.05, 0.1) is 11.7 Å². The summed E-state index contributed by atoms with van der Waals surface area (Å²) in [6, 6.07) is 6.14. The predicted molar refractivity (Wildman–Crippen MR) is 74.2 cm³/mol. The largest absolute Gasteiger partial charge is 0.396 e. The Morgan fingerprint density at radius 1 is 1.33 bits per heavy atom. The summed E-state index contributed by atoms with van der Waals surface area (Å²) in [4.78, 5) is 6.66. The van der Waals surface area contributed by atoms with Crippen molar-refractivity contribution in [3.8, 4) is 0 Å². The van der Waals surface area contributed by atoms with Gasteiger partial charge in [0.2, 0.25) is 0 Å². The van der Waals surface area contributed by atoms with E-state index in [2.05, 4.69) is 16.9 Å². The molecule has 3 N–H and O–H groups in total. The fraction of sp³-hybridized carbons (Fsp3) is 0.643. The first-order valence-corrected chi connectivity index (χ1v) is 6.64. The van der Waals surface area contributed by atoms with Crippen molar-refractivity contribution in [2.45, 2.75) is 38.3 Å². The molecule has 0 aliphatic carbocycles. The minimum atomic E-state index is 0.0442. The average molecular weight is 251 g/mol. The lowest BCUT2D eigenvalue weighted by Gasteiger charge is -2.30. The van der Waals surface area contributed by atoms with Gasteiger partial charge in [-0.1, -0.05) is 6.07 Å². The van der Waals surface area contributed by atoms with Gasteiger partial charge in [0.15, 0.2) is 0 Å². The summed E-state index contributed by atoms with van der Waals surface area (Å²) >= 11 is 0. The number of likely N-dealkylation sites (N-methyl/N-ethyl adjacent to an activating group) is 1. The number of aliphatic hydroxyl groups excluding tert-OH is 1. The molecule has 0 spiro atoms. The average Bonchev–Trinajstić information content (AvgIpc) is 2.36. The SMILES string of the molecule is CC(N)C(c1ccccn1)N(C)CCCCCO. The van der Waals surface area contributed by atoms with Gasteiger partial charge in [0.25, 0.3) is 0 Å². The zero-order chi connectivity index (χ0) is 13.4. The predicted octanol–water partition coefficient (Wildman–Crippen LogP) is 1.56. The van der Waals surface area contributed by atoms with E-state index in [4.69, 9.17) is 10.8 Å². The van der Waals surface area contributed by atoms with Crippen LogP contribution >= 0.6 is 0 Å². The van der Waals surface area contributed by atoms with Crippen LogP contribution in [0.5, 0.6) is 0 Å². The van der Waals surface area contributed by atoms with Crippen LogP contribution in [0.3, 0.4) is 0 Å². The smallest absolute Gasteiger partial charge is 0.0668 e. The van der Waals surface area contributed by atoms with Crippen molar-refractivity contribution in [3.63, 3.8) is 0 Å². The van der Waals surface area contributed by atoms with Crippen LogP contribution in [-0.2, 0) is 0 Å². The highest BCUT2D eigenvalue weighted by atomic mass is 16.2. The Morgan fingerprint density at radius 2 is 2.11 bits per heavy atom. The van der Waals surface area contributed by atoms with Gasteiger partial charge in [-0.25, -0.2) is 0 Å². The first-order valence-electron chi connectivity index (χ1n) is 6.64. The van der Waals surface area contributed by atoms with Gasteiger partial charge >= 0.3 is 0 Å². The molecule has 0 saturated carbocycles. The molecule has 4 heteroatoms. The standard InChI is InChI=1S/C14H25N3O/c1-12(15)14(13-8-4-5-9-16-13)17(2)10-6-3-7-11-18/h4-5,8-9,12,14,18H,3,6-7,10-11,15H2,1-2H3. The number of rotatable bonds is 8. The molecule has 18 heavy (non-hydrogen) atoms. The van der Waals surface area contributed by atoms with Gasteiger partial charge in [-0.2, -0.15) is 0 Å². The van der Waals surface area contributed by atoms with Crippen LogP contribution in [0.15, 0.2) is 24.4 Å². The van der Waals surface area contributed by atoms with Crippen LogP contribution in [0.2, 0.25) is 0 Å². The monoisotopic (exact) mass is 251 g/mol. The van der Waals surface area contributed by atoms with Gasteiger partial charge in [-0.15, -0.1) is 0 Å². The van der Waals surface area contributed by atoms with Gasteiger partial charge in [0.1, 0.15) is 0 Å². The minimum absolute atomic E-state index is 0.0442. The normalized spacial score (nSPS) is 14.7. The van der Waals surface area contributed by atoms with Crippen molar-refractivity contribution in [1.82, 2.24) is 9.88 Å². The number of pyridine rings is 1. The summed E-state index contributed by atoms with van der Waals surface area (Å²) in [6.45, 7) is 3.27. The number of nitrogens with two attached hydrogens (primary N) is 1. The third-order valence-corrected chi connectivity index (χ3v) is 3.13. The van der Waals surface area contributed by atoms with Gasteiger partial charge < -0.3 is 10.8 Å². The first-order chi connectivity index (χ1) is 8.66. The molecule has 0 bridgehead atoms. The lowest BCUT2D eigenvalue weighted by molar-refractivity contribution is 0.206. The topological polar surface area (TPSA) is 62.4 Å². The summed E-state index contributed by atoms with van der Waals surface area (Å²) in [5, 5.41) is 8.76. The van der Waals surface area contributed by atoms with Gasteiger partial charge in [0, 0.05) is 18.8 Å². The molecule has 1 aromatic heterocycles. The van der Waals surface area contributed by atoms with E-state index in [1.165, 1.54) is 0 Å². The van der Waals surface area contributed by atoms with Gasteiger partial charge in [-0.05, 0) is 51.9 Å². The highest BCUT2D eigenvalue weighted by Gasteiger charge is 2.21. The van der Waals surface area contributed by atoms with E-state index in [9.17, 15) is 0 Å². The van der Waals surface area contributed by atoms with Crippen LogP contribution < -0.4 is 5.73 Å². The molecule has 0 aliphatic heterocycles. The third kappa shape index (κ3) is 4.72. The molecular weight excluding hydrogens is 226 g/mol. The molecule has 0 fully saturated rings. The summed E-state index contributed by atoms with van der Waals surface area (Å²) in [6.07, 6.45) is 4.81. The summed E-state index contributed by atoms with van der Waals surface area (Å²) in [5.74, 6) is 0. The van der Waals surface area contributed by atoms with E-state index < -0.39 is 0 Å². The van der Waals surface area contributed by atoms with E-state index >= 15 is 0 Å². The summed E-state index contributed by atoms with van der Waals surface area (Å²) in [7, 11) is 2.08. The highest BCUT2D eigenvalue weighted by Crippen LogP contribution is 2.20. The van der Waals surface area contributed by atoms with Crippen molar-refractivity contribution in [1.29, 1.82) is 0 Å². The molecule has 2 atom stereocenters. The second kappa shape index (κ2) is 8.19. The Bertz CT molecular complexity index is 316. The van der Waals surface area contributed by atoms with Crippen LogP contribution in [0.4, 0.5) is 0 Å². The Kier molecular flexibility index (Phi) is 6.86. The molecule has 0 radical (unpaired) electrons. The van der Waals surface area contributed by atoms with Crippen LogP contribution in [-0.4, -0.2) is 41.2 Å². The minimum Gasteiger partial charge on any atom is -0.396 e. The van der Waals surface area contributed by atoms with Crippen LogP contribution in [0.25, 0.3) is 0 Å². The molecule has 0 amide bonds. The quantitative estimate of drug-likeness (QED) is 0.688. The molecule has 4 nitrogen and oxygen atoms in total. The van der Waals surface area contributed by atoms with Crippen molar-refractivity contribution in [3.05, 3.63) is 30.1 Å². The maximum atomic E-state index is 8.76. The number of unbranched alkanes of at least 4 members (excludes halogenated alkanes) is 2. The Morgan fingerprint density at radius 3 is 2.67 bits per heavy atom. The molecule has 0 aromatic carbocycles. The number of hydrogen-bond acceptors (Lipinski definition) is 4. The van der Waals surface area contributed by atoms with E-state index in [1.54, 1.807) is 0 Å². The van der Waals surface area contributed by atoms with E-state index in [0.717, 1.165) is 31.5 Å². The van der Waals surface area contributed by atoms with Crippen molar-refractivity contribution >= 4 is 0 Å². The maximum absolute atomic E-state index is 8.76. The van der Waals surface area contributed by atoms with Crippen molar-refractivity contribution in [2.75, 3.05) is 20.2 Å². The maximum Gasteiger partial charge on any atom is 0.0668 e. The summed E-state index contributed by atoms with van der Waals surface area (Å²) < 4.78 is 0. The van der Waals surface area contributed by atoms with Gasteiger partial charge in [-0.3, -0.25) is 9.88 Å². The number of hydrogen-bond donors (Lipinski definition) is 2. The number of aliphatic hydroxyl groups is 1. The Hall–Kier alpha value is -0.970. The Labute approximate surface area is 110 Å². The second-order valence-corrected chi connectivity index (χ2v) is 4.82. The van der Waals surface area contributed by atoms with Crippen LogP contribution in [0.1, 0.15) is 37.9 Å². The number of nitrogens with zero attached hydrogens (tertiary/aromatic N) is 2. The van der Waals surface area contributed by atoms with E-state index in [1.807, 2.05) is 31.3 Å². The highest BCUT2D eigenvalue weighted by molar-refractivity contribution is 5.10. The molecule has 0 aliphatic rings. The molecule has 1 aromatic rings. The molecule has 1 rings (SSSR count). The van der Waals surface area contributed by atoms with E-state index in [-0.39, 0.29) is 18.7 Å². The second-order valence-electron chi connectivity index (χ2n) is 4.82.